The molecule has 0 spiro atoms. The van der Waals surface area contributed by atoms with E-state index in [1.807, 2.05) is 25.4 Å². The van der Waals surface area contributed by atoms with Crippen LogP contribution in [0.2, 0.25) is 0 Å². The van der Waals surface area contributed by atoms with E-state index in [4.69, 9.17) is 0 Å². The van der Waals surface area contributed by atoms with Crippen molar-refractivity contribution < 1.29 is 25.6 Å². The molecule has 0 fully saturated rings. The van der Waals surface area contributed by atoms with Gasteiger partial charge in [-0.05, 0) is 0 Å². The zero-order chi connectivity index (χ0) is 13.2. The van der Waals surface area contributed by atoms with Crippen LogP contribution in [0.15, 0.2) is 36.5 Å². The minimum absolute atomic E-state index is 0.131. The first-order chi connectivity index (χ1) is 9.28. The maximum atomic E-state index is 13.5. The van der Waals surface area contributed by atoms with Gasteiger partial charge >= 0.3 is 123 Å². The molecule has 2 heterocycles. The third-order valence-corrected chi connectivity index (χ3v) is 6.41. The van der Waals surface area contributed by atoms with Gasteiger partial charge in [-0.1, -0.05) is 0 Å². The molecule has 2 aromatic rings. The Bertz CT molecular complexity index is 600. The predicted octanol–water partition coefficient (Wildman–Crippen LogP) is -0.792. The molecule has 1 aromatic heterocycles. The summed E-state index contributed by atoms with van der Waals surface area (Å²) in [5.74, 6) is 0.255. The number of aromatic nitrogens is 1. The summed E-state index contributed by atoms with van der Waals surface area (Å²) in [5, 5.41) is 3.24. The molecule has 0 bridgehead atoms. The van der Waals surface area contributed by atoms with Gasteiger partial charge in [0.1, 0.15) is 0 Å². The summed E-state index contributed by atoms with van der Waals surface area (Å²) in [6.07, 6.45) is 2.80. The molecule has 2 nitrogen and oxygen atoms in total. The first-order valence-electron chi connectivity index (χ1n) is 6.30. The van der Waals surface area contributed by atoms with Crippen molar-refractivity contribution >= 4 is 0 Å². The predicted molar refractivity (Wildman–Crippen MR) is 68.4 cm³/mol. The molecule has 4 heteroatoms. The van der Waals surface area contributed by atoms with Gasteiger partial charge in [0, 0.05) is 0 Å². The summed E-state index contributed by atoms with van der Waals surface area (Å²) in [5.41, 5.74) is 2.48. The number of nitrogens with one attached hydrogen (secondary N) is 1. The molecule has 0 saturated heterocycles. The SMILES string of the molecule is CNCC1Cc2ncccc2[I-]c2cc(F)ccc21. The fourth-order valence-electron chi connectivity index (χ4n) is 2.45. The molecule has 1 aliphatic rings. The Morgan fingerprint density at radius 3 is 3.11 bits per heavy atom. The number of nitrogens with zero attached hydrogens (tertiary/aromatic N) is 1. The number of likely N-dealkylation sites (N-methyl/N-ethyl adjacent to an activating group) is 1. The number of pyridine rings is 1. The van der Waals surface area contributed by atoms with E-state index in [-0.39, 0.29) is 27.0 Å². The molecule has 19 heavy (non-hydrogen) atoms. The average molecular weight is 369 g/mol. The van der Waals surface area contributed by atoms with E-state index in [1.54, 1.807) is 12.1 Å². The van der Waals surface area contributed by atoms with E-state index in [9.17, 15) is 4.39 Å². The van der Waals surface area contributed by atoms with Gasteiger partial charge in [-0.3, -0.25) is 0 Å². The van der Waals surface area contributed by atoms with Gasteiger partial charge in [-0.25, -0.2) is 0 Å². The molecular weight excluding hydrogens is 354 g/mol. The standard InChI is InChI=1S/C15H15FIN2/c1-18-9-10-7-15-13(3-2-6-19-15)17-14-8-11(16)4-5-12(10)14/h2-6,8,10,18H,7,9H2,1H3/q-1. The van der Waals surface area contributed by atoms with E-state index in [2.05, 4.69) is 16.4 Å². The normalized spacial score (nSPS) is 17.9. The average Bonchev–Trinajstić information content (AvgIpc) is 2.55. The van der Waals surface area contributed by atoms with E-state index in [1.165, 1.54) is 18.4 Å². The second-order valence-corrected chi connectivity index (χ2v) is 7.51. The van der Waals surface area contributed by atoms with Crippen molar-refractivity contribution in [3.8, 4) is 0 Å². The van der Waals surface area contributed by atoms with Crippen LogP contribution in [0.25, 0.3) is 0 Å². The van der Waals surface area contributed by atoms with E-state index < -0.39 is 0 Å². The van der Waals surface area contributed by atoms with Crippen LogP contribution in [-0.2, 0) is 6.42 Å². The maximum absolute atomic E-state index is 13.5. The Morgan fingerprint density at radius 2 is 2.26 bits per heavy atom. The molecule has 0 aliphatic carbocycles. The molecule has 1 aromatic carbocycles. The van der Waals surface area contributed by atoms with Crippen molar-refractivity contribution in [1.82, 2.24) is 10.3 Å². The zero-order valence-electron chi connectivity index (χ0n) is 10.7. The summed E-state index contributed by atoms with van der Waals surface area (Å²) in [7, 11) is 1.96. The minimum atomic E-state index is -0.338. The monoisotopic (exact) mass is 369 g/mol. The third kappa shape index (κ3) is 2.65. The molecule has 1 atom stereocenters. The van der Waals surface area contributed by atoms with Crippen molar-refractivity contribution in [3.63, 3.8) is 0 Å². The Kier molecular flexibility index (Phi) is 3.79. The van der Waals surface area contributed by atoms with Gasteiger partial charge in [0.05, 0.1) is 0 Å². The van der Waals surface area contributed by atoms with Crippen LogP contribution in [0.4, 0.5) is 4.39 Å². The van der Waals surface area contributed by atoms with Crippen LogP contribution < -0.4 is 26.5 Å². The van der Waals surface area contributed by atoms with Crippen molar-refractivity contribution in [3.05, 3.63) is 60.7 Å². The third-order valence-electron chi connectivity index (χ3n) is 3.33. The number of fused-ring (bicyclic) bond motifs is 2. The molecule has 3 rings (SSSR count). The molecule has 0 saturated carbocycles. The van der Waals surface area contributed by atoms with Crippen LogP contribution in [0.1, 0.15) is 17.2 Å². The summed E-state index contributed by atoms with van der Waals surface area (Å²) in [4.78, 5) is 4.52. The van der Waals surface area contributed by atoms with Crippen LogP contribution >= 0.6 is 0 Å². The number of hydrogen-bond donors (Lipinski definition) is 1. The summed E-state index contributed by atoms with van der Waals surface area (Å²) in [6, 6.07) is 9.38. The van der Waals surface area contributed by atoms with Crippen molar-refractivity contribution in [1.29, 1.82) is 0 Å². The van der Waals surface area contributed by atoms with Crippen LogP contribution in [-0.4, -0.2) is 18.6 Å². The number of benzene rings is 1. The van der Waals surface area contributed by atoms with E-state index in [0.29, 0.717) is 5.92 Å². The summed E-state index contributed by atoms with van der Waals surface area (Å²) in [6.45, 7) is 0.901. The fourth-order valence-corrected chi connectivity index (χ4v) is 5.52. The quantitative estimate of drug-likeness (QED) is 0.702. The van der Waals surface area contributed by atoms with Gasteiger partial charge < -0.3 is 0 Å². The van der Waals surface area contributed by atoms with Crippen LogP contribution in [0, 0.1) is 13.0 Å². The van der Waals surface area contributed by atoms with Crippen LogP contribution in [0.5, 0.6) is 0 Å². The first kappa shape index (κ1) is 13.0. The van der Waals surface area contributed by atoms with Gasteiger partial charge in [-0.15, -0.1) is 0 Å². The zero-order valence-corrected chi connectivity index (χ0v) is 12.8. The topological polar surface area (TPSA) is 24.9 Å². The number of rotatable bonds is 2. The Labute approximate surface area is 122 Å². The second-order valence-electron chi connectivity index (χ2n) is 4.65. The number of hydrogen-bond acceptors (Lipinski definition) is 2. The molecule has 1 N–H and O–H groups in total. The molecule has 0 radical (unpaired) electrons. The molecule has 1 aliphatic heterocycles. The number of halogens is 2. The van der Waals surface area contributed by atoms with Crippen molar-refractivity contribution in [2.45, 2.75) is 12.3 Å². The Balaban J connectivity index is 2.10. The van der Waals surface area contributed by atoms with Gasteiger partial charge in [0.2, 0.25) is 0 Å². The molecule has 0 amide bonds. The fraction of sp³-hybridized carbons (Fsp3) is 0.267. The molecular formula is C15H15FIN2-. The molecule has 100 valence electrons. The van der Waals surface area contributed by atoms with Gasteiger partial charge in [0.15, 0.2) is 0 Å². The van der Waals surface area contributed by atoms with Gasteiger partial charge in [0.25, 0.3) is 0 Å². The van der Waals surface area contributed by atoms with E-state index >= 15 is 0 Å². The Hall–Kier alpha value is -1.01. The second kappa shape index (κ2) is 5.54. The van der Waals surface area contributed by atoms with Crippen molar-refractivity contribution in [2.75, 3.05) is 13.6 Å². The van der Waals surface area contributed by atoms with E-state index in [0.717, 1.165) is 13.0 Å². The first-order valence-corrected chi connectivity index (χ1v) is 8.46. The van der Waals surface area contributed by atoms with Gasteiger partial charge in [-0.2, -0.15) is 0 Å². The summed E-state index contributed by atoms with van der Waals surface area (Å²) < 4.78 is 16.0. The van der Waals surface area contributed by atoms with Crippen LogP contribution in [0.3, 0.4) is 0 Å². The summed E-state index contributed by atoms with van der Waals surface area (Å²) >= 11 is -0.338. The Morgan fingerprint density at radius 1 is 1.37 bits per heavy atom. The van der Waals surface area contributed by atoms with Crippen molar-refractivity contribution in [2.24, 2.45) is 0 Å². The molecule has 1 unspecified atom stereocenters.